The van der Waals surface area contributed by atoms with Crippen LogP contribution in [0.1, 0.15) is 25.0 Å². The minimum absolute atomic E-state index is 0.309. The number of ether oxygens (including phenoxy) is 1. The van der Waals surface area contributed by atoms with Gasteiger partial charge in [0.1, 0.15) is 6.04 Å². The van der Waals surface area contributed by atoms with Crippen molar-refractivity contribution in [1.82, 2.24) is 4.98 Å². The fraction of sp³-hybridized carbons (Fsp3) is 0.250. The fourth-order valence-electron chi connectivity index (χ4n) is 3.36. The molecule has 32 heavy (non-hydrogen) atoms. The Morgan fingerprint density at radius 1 is 1.03 bits per heavy atom. The molecule has 1 aromatic heterocycles. The van der Waals surface area contributed by atoms with E-state index < -0.39 is 29.2 Å². The number of aromatic nitrogens is 1. The molecule has 2 aromatic carbocycles. The van der Waals surface area contributed by atoms with E-state index in [0.717, 1.165) is 26.6 Å². The van der Waals surface area contributed by atoms with Crippen molar-refractivity contribution in [3.05, 3.63) is 84.2 Å². The Kier molecular flexibility index (Phi) is 8.10. The molecule has 3 rings (SSSR count). The highest BCUT2D eigenvalue weighted by atomic mass is 32.2. The Morgan fingerprint density at radius 2 is 1.62 bits per heavy atom. The molecule has 7 nitrogen and oxygen atoms in total. The van der Waals surface area contributed by atoms with Crippen LogP contribution in [0.3, 0.4) is 0 Å². The first kappa shape index (κ1) is 23.6. The summed E-state index contributed by atoms with van der Waals surface area (Å²) in [4.78, 5) is 15.7. The van der Waals surface area contributed by atoms with Crippen LogP contribution in [0.2, 0.25) is 0 Å². The summed E-state index contributed by atoms with van der Waals surface area (Å²) >= 11 is -2.71. The number of hydrogen-bond donors (Lipinski definition) is 1. The lowest BCUT2D eigenvalue weighted by molar-refractivity contribution is -0.139. The average Bonchev–Trinajstić information content (AvgIpc) is 2.78. The second kappa shape index (κ2) is 11.0. The lowest BCUT2D eigenvalue weighted by Gasteiger charge is -2.34. The molecule has 3 aromatic rings. The zero-order valence-electron chi connectivity index (χ0n) is 17.9. The number of aliphatic carboxylic acids is 1. The maximum Gasteiger partial charge on any atom is 0.327 e. The van der Waals surface area contributed by atoms with E-state index in [2.05, 4.69) is 4.98 Å². The Labute approximate surface area is 190 Å². The number of nitrogens with zero attached hydrogens (tertiary/aromatic N) is 2. The van der Waals surface area contributed by atoms with Gasteiger partial charge in [0.2, 0.25) is 0 Å². The van der Waals surface area contributed by atoms with E-state index in [0.29, 0.717) is 18.9 Å². The number of hydrogen-bond acceptors (Lipinski definition) is 5. The minimum Gasteiger partial charge on any atom is -0.755 e. The summed E-state index contributed by atoms with van der Waals surface area (Å²) in [6.07, 6.45) is 3.50. The molecule has 1 N–H and O–H groups in total. The summed E-state index contributed by atoms with van der Waals surface area (Å²) in [5, 5.41) is 9.48. The van der Waals surface area contributed by atoms with Crippen molar-refractivity contribution in [2.45, 2.75) is 33.1 Å². The van der Waals surface area contributed by atoms with Crippen LogP contribution >= 0.6 is 0 Å². The van der Waals surface area contributed by atoms with E-state index in [4.69, 9.17) is 4.74 Å². The van der Waals surface area contributed by atoms with E-state index in [1.165, 1.54) is 0 Å². The zero-order valence-corrected chi connectivity index (χ0v) is 18.7. The third kappa shape index (κ3) is 6.00. The Morgan fingerprint density at radius 3 is 2.12 bits per heavy atom. The van der Waals surface area contributed by atoms with Crippen molar-refractivity contribution < 1.29 is 23.4 Å². The van der Waals surface area contributed by atoms with Gasteiger partial charge in [-0.15, -0.1) is 0 Å². The molecule has 0 saturated carbocycles. The number of anilines is 1. The molecule has 2 atom stereocenters. The molecule has 0 saturated heterocycles. The highest BCUT2D eigenvalue weighted by Crippen LogP contribution is 2.27. The largest absolute Gasteiger partial charge is 0.755 e. The molecule has 0 amide bonds. The van der Waals surface area contributed by atoms with Crippen LogP contribution in [0.4, 0.5) is 5.69 Å². The zero-order chi connectivity index (χ0) is 23.1. The lowest BCUT2D eigenvalue weighted by atomic mass is 10.0. The Hall–Kier alpha value is -3.07. The molecule has 0 aliphatic carbocycles. The molecule has 0 aliphatic heterocycles. The topological polar surface area (TPSA) is 103 Å². The number of carboxylic acids is 1. The van der Waals surface area contributed by atoms with Crippen LogP contribution < -0.4 is 4.31 Å². The first-order valence-corrected chi connectivity index (χ1v) is 11.2. The van der Waals surface area contributed by atoms with E-state index in [1.807, 2.05) is 36.4 Å². The van der Waals surface area contributed by atoms with Gasteiger partial charge in [-0.1, -0.05) is 56.3 Å². The third-order valence-corrected chi connectivity index (χ3v) is 5.73. The maximum atomic E-state index is 11.8. The smallest absolute Gasteiger partial charge is 0.327 e. The monoisotopic (exact) mass is 453 g/mol. The van der Waals surface area contributed by atoms with Gasteiger partial charge in [-0.3, -0.25) is 13.5 Å². The summed E-state index contributed by atoms with van der Waals surface area (Å²) in [5.41, 5.74) is 4.21. The van der Waals surface area contributed by atoms with Gasteiger partial charge >= 0.3 is 5.97 Å². The van der Waals surface area contributed by atoms with Gasteiger partial charge in [-0.2, -0.15) is 0 Å². The van der Waals surface area contributed by atoms with Gasteiger partial charge in [-0.25, -0.2) is 4.79 Å². The molecular formula is C24H25N2O5S-. The van der Waals surface area contributed by atoms with Gasteiger partial charge in [0.15, 0.2) is 0 Å². The normalized spacial score (nSPS) is 13.0. The second-order valence-corrected chi connectivity index (χ2v) is 8.50. The van der Waals surface area contributed by atoms with Gasteiger partial charge < -0.3 is 14.4 Å². The number of pyridine rings is 1. The molecule has 168 valence electrons. The van der Waals surface area contributed by atoms with Crippen molar-refractivity contribution in [3.8, 4) is 11.1 Å². The lowest BCUT2D eigenvalue weighted by Crippen LogP contribution is -2.45. The number of benzene rings is 2. The molecule has 0 aliphatic rings. The molecule has 0 bridgehead atoms. The van der Waals surface area contributed by atoms with Gasteiger partial charge in [-0.05, 0) is 46.4 Å². The number of carbonyl (C=O) groups is 1. The van der Waals surface area contributed by atoms with Crippen LogP contribution in [0.5, 0.6) is 0 Å². The minimum atomic E-state index is -2.71. The van der Waals surface area contributed by atoms with Crippen molar-refractivity contribution in [2.24, 2.45) is 5.92 Å². The van der Waals surface area contributed by atoms with Crippen LogP contribution in [-0.2, 0) is 34.0 Å². The highest BCUT2D eigenvalue weighted by molar-refractivity contribution is 7.80. The fourth-order valence-corrected chi connectivity index (χ4v) is 4.17. The van der Waals surface area contributed by atoms with Crippen LogP contribution in [0.25, 0.3) is 11.1 Å². The average molecular weight is 454 g/mol. The molecule has 0 radical (unpaired) electrons. The van der Waals surface area contributed by atoms with Gasteiger partial charge in [0.25, 0.3) is 0 Å². The standard InChI is InChI=1S/C24H26N2O5S/c1-17(2)23(24(27)28)26(32(29)30)22-11-9-21(10-12-22)20-7-5-18(6-8-20)15-31-16-19-4-3-13-25-14-19/h3-14,17,23H,15-16H2,1-2H3,(H,27,28)(H,29,30)/p-1. The van der Waals surface area contributed by atoms with Gasteiger partial charge in [0.05, 0.1) is 13.2 Å². The highest BCUT2D eigenvalue weighted by Gasteiger charge is 2.30. The Bertz CT molecular complexity index is 1040. The van der Waals surface area contributed by atoms with Crippen molar-refractivity contribution in [2.75, 3.05) is 4.31 Å². The molecular weight excluding hydrogens is 428 g/mol. The summed E-state index contributed by atoms with van der Waals surface area (Å²) in [7, 11) is 0. The van der Waals surface area contributed by atoms with E-state index >= 15 is 0 Å². The molecule has 8 heteroatoms. The molecule has 1 heterocycles. The van der Waals surface area contributed by atoms with E-state index in [-0.39, 0.29) is 0 Å². The SMILES string of the molecule is CC(C)C(C(=O)O)N(c1ccc(-c2ccc(COCc3cccnc3)cc2)cc1)S(=O)[O-]. The van der Waals surface area contributed by atoms with Crippen LogP contribution in [-0.4, -0.2) is 30.9 Å². The summed E-state index contributed by atoms with van der Waals surface area (Å²) in [5.74, 6) is -1.58. The quantitative estimate of drug-likeness (QED) is 0.462. The first-order chi connectivity index (χ1) is 15.4. The van der Waals surface area contributed by atoms with Crippen molar-refractivity contribution in [3.63, 3.8) is 0 Å². The van der Waals surface area contributed by atoms with Gasteiger partial charge in [0, 0.05) is 29.3 Å². The second-order valence-electron chi connectivity index (χ2n) is 7.67. The predicted octanol–water partition coefficient (Wildman–Crippen LogP) is 4.18. The molecule has 2 unspecified atom stereocenters. The van der Waals surface area contributed by atoms with Crippen molar-refractivity contribution >= 4 is 22.9 Å². The van der Waals surface area contributed by atoms with E-state index in [1.54, 1.807) is 50.5 Å². The third-order valence-electron chi connectivity index (χ3n) is 4.97. The Balaban J connectivity index is 1.68. The number of rotatable bonds is 10. The maximum absolute atomic E-state index is 11.8. The molecule has 0 spiro atoms. The summed E-state index contributed by atoms with van der Waals surface area (Å²) in [6.45, 7) is 4.32. The van der Waals surface area contributed by atoms with Crippen molar-refractivity contribution in [1.29, 1.82) is 0 Å². The van der Waals surface area contributed by atoms with E-state index in [9.17, 15) is 18.7 Å². The van der Waals surface area contributed by atoms with Crippen LogP contribution in [0.15, 0.2) is 73.1 Å². The predicted molar refractivity (Wildman–Crippen MR) is 122 cm³/mol. The summed E-state index contributed by atoms with van der Waals surface area (Å²) < 4.78 is 30.2. The van der Waals surface area contributed by atoms with Crippen LogP contribution in [0, 0.1) is 5.92 Å². The molecule has 0 fully saturated rings. The number of carboxylic acid groups (broad SMARTS) is 1. The first-order valence-electron chi connectivity index (χ1n) is 10.1. The summed E-state index contributed by atoms with van der Waals surface area (Å²) in [6, 6.07) is 17.3.